The molecule has 1 rings (SSSR count). The molecule has 1 fully saturated rings. The largest absolute Gasteiger partial charge is 0.481 e. The van der Waals surface area contributed by atoms with Crippen molar-refractivity contribution in [3.8, 4) is 0 Å². The molecule has 0 bridgehead atoms. The zero-order valence-electron chi connectivity index (χ0n) is 8.25. The van der Waals surface area contributed by atoms with Gasteiger partial charge in [-0.1, -0.05) is 0 Å². The average Bonchev–Trinajstić information content (AvgIpc) is 2.53. The van der Waals surface area contributed by atoms with Crippen LogP contribution in [0.5, 0.6) is 0 Å². The van der Waals surface area contributed by atoms with Gasteiger partial charge in [0.25, 0.3) is 0 Å². The molecule has 0 aromatic carbocycles. The molecule has 80 valence electrons. The summed E-state index contributed by atoms with van der Waals surface area (Å²) in [6, 6.07) is -0.436. The highest BCUT2D eigenvalue weighted by Crippen LogP contribution is 2.05. The molecular weight excluding hydrogens is 184 g/mol. The van der Waals surface area contributed by atoms with Crippen LogP contribution in [0.4, 0.5) is 0 Å². The van der Waals surface area contributed by atoms with Crippen molar-refractivity contribution in [2.75, 3.05) is 6.54 Å². The quantitative estimate of drug-likeness (QED) is 0.583. The van der Waals surface area contributed by atoms with Gasteiger partial charge < -0.3 is 15.7 Å². The van der Waals surface area contributed by atoms with Crippen LogP contribution in [0.1, 0.15) is 26.2 Å². The number of carbonyl (C=O) groups excluding carboxylic acids is 1. The van der Waals surface area contributed by atoms with E-state index in [0.29, 0.717) is 0 Å². The van der Waals surface area contributed by atoms with Crippen LogP contribution in [0.2, 0.25) is 0 Å². The third-order valence-corrected chi connectivity index (χ3v) is 2.25. The second kappa shape index (κ2) is 4.95. The number of aliphatic carboxylic acids is 1. The van der Waals surface area contributed by atoms with E-state index in [1.165, 1.54) is 0 Å². The molecule has 0 aromatic heterocycles. The van der Waals surface area contributed by atoms with E-state index in [-0.39, 0.29) is 24.4 Å². The minimum atomic E-state index is -0.891. The van der Waals surface area contributed by atoms with Crippen LogP contribution in [0.25, 0.3) is 0 Å². The number of carbonyl (C=O) groups is 2. The summed E-state index contributed by atoms with van der Waals surface area (Å²) in [6.07, 6.45) is 1.81. The fourth-order valence-electron chi connectivity index (χ4n) is 1.56. The molecule has 2 atom stereocenters. The van der Waals surface area contributed by atoms with Gasteiger partial charge in [0.2, 0.25) is 5.91 Å². The van der Waals surface area contributed by atoms with Crippen molar-refractivity contribution >= 4 is 11.9 Å². The molecule has 1 saturated heterocycles. The van der Waals surface area contributed by atoms with Gasteiger partial charge in [0, 0.05) is 6.04 Å². The summed E-state index contributed by atoms with van der Waals surface area (Å²) in [5.41, 5.74) is 0. The predicted molar refractivity (Wildman–Crippen MR) is 50.9 cm³/mol. The summed E-state index contributed by atoms with van der Waals surface area (Å²) < 4.78 is 0. The first-order valence-electron chi connectivity index (χ1n) is 4.85. The molecule has 1 heterocycles. The van der Waals surface area contributed by atoms with Gasteiger partial charge >= 0.3 is 5.97 Å². The molecule has 14 heavy (non-hydrogen) atoms. The van der Waals surface area contributed by atoms with Crippen LogP contribution >= 0.6 is 0 Å². The first-order valence-corrected chi connectivity index (χ1v) is 4.85. The minimum Gasteiger partial charge on any atom is -0.481 e. The number of amides is 1. The number of rotatable bonds is 4. The van der Waals surface area contributed by atoms with Gasteiger partial charge in [-0.25, -0.2) is 0 Å². The summed E-state index contributed by atoms with van der Waals surface area (Å²) in [4.78, 5) is 21.8. The molecule has 1 unspecified atom stereocenters. The molecule has 1 aliphatic rings. The van der Waals surface area contributed by atoms with Gasteiger partial charge in [0.05, 0.1) is 12.5 Å². The van der Waals surface area contributed by atoms with Crippen LogP contribution in [0.15, 0.2) is 0 Å². The lowest BCUT2D eigenvalue weighted by Gasteiger charge is -2.15. The molecule has 0 radical (unpaired) electrons. The number of hydrogen-bond donors (Lipinski definition) is 3. The Bertz CT molecular complexity index is 224. The van der Waals surface area contributed by atoms with Gasteiger partial charge in [-0.3, -0.25) is 9.59 Å². The van der Waals surface area contributed by atoms with Crippen molar-refractivity contribution in [3.05, 3.63) is 0 Å². The molecule has 0 aliphatic carbocycles. The van der Waals surface area contributed by atoms with E-state index < -0.39 is 5.97 Å². The van der Waals surface area contributed by atoms with E-state index in [9.17, 15) is 9.59 Å². The summed E-state index contributed by atoms with van der Waals surface area (Å²) >= 11 is 0. The van der Waals surface area contributed by atoms with Crippen molar-refractivity contribution in [1.82, 2.24) is 10.6 Å². The fourth-order valence-corrected chi connectivity index (χ4v) is 1.56. The zero-order valence-corrected chi connectivity index (χ0v) is 8.25. The maximum atomic E-state index is 11.5. The van der Waals surface area contributed by atoms with Crippen LogP contribution < -0.4 is 10.6 Å². The molecule has 0 saturated carbocycles. The van der Waals surface area contributed by atoms with Gasteiger partial charge in [-0.2, -0.15) is 0 Å². The third-order valence-electron chi connectivity index (χ3n) is 2.25. The van der Waals surface area contributed by atoms with Gasteiger partial charge in [0.15, 0.2) is 0 Å². The maximum absolute atomic E-state index is 11.5. The van der Waals surface area contributed by atoms with E-state index in [0.717, 1.165) is 19.4 Å². The van der Waals surface area contributed by atoms with E-state index in [1.807, 2.05) is 0 Å². The number of carboxylic acid groups (broad SMARTS) is 1. The molecule has 0 aromatic rings. The normalized spacial score (nSPS) is 23.1. The van der Waals surface area contributed by atoms with Crippen molar-refractivity contribution in [1.29, 1.82) is 0 Å². The summed E-state index contributed by atoms with van der Waals surface area (Å²) in [7, 11) is 0. The SMILES string of the molecule is CC(CC(=O)O)NC(=O)[C@H]1CCCN1. The third kappa shape index (κ3) is 3.33. The van der Waals surface area contributed by atoms with Crippen LogP contribution in [-0.2, 0) is 9.59 Å². The van der Waals surface area contributed by atoms with Gasteiger partial charge in [-0.05, 0) is 26.3 Å². The summed E-state index contributed by atoms with van der Waals surface area (Å²) in [5, 5.41) is 14.2. The first-order chi connectivity index (χ1) is 6.59. The second-order valence-electron chi connectivity index (χ2n) is 3.66. The summed E-state index contributed by atoms with van der Waals surface area (Å²) in [5.74, 6) is -0.978. The van der Waals surface area contributed by atoms with Crippen molar-refractivity contribution in [3.63, 3.8) is 0 Å². The highest BCUT2D eigenvalue weighted by atomic mass is 16.4. The minimum absolute atomic E-state index is 0.0293. The Morgan fingerprint density at radius 3 is 2.86 bits per heavy atom. The molecular formula is C9H16N2O3. The number of carboxylic acids is 1. The molecule has 5 nitrogen and oxygen atoms in total. The predicted octanol–water partition coefficient (Wildman–Crippen LogP) is -0.282. The lowest BCUT2D eigenvalue weighted by atomic mass is 10.2. The molecule has 1 amide bonds. The van der Waals surface area contributed by atoms with Crippen molar-refractivity contribution in [2.45, 2.75) is 38.3 Å². The topological polar surface area (TPSA) is 78.4 Å². The first kappa shape index (κ1) is 11.0. The lowest BCUT2D eigenvalue weighted by molar-refractivity contribution is -0.137. The highest BCUT2D eigenvalue weighted by molar-refractivity contribution is 5.82. The van der Waals surface area contributed by atoms with E-state index in [1.54, 1.807) is 6.92 Å². The zero-order chi connectivity index (χ0) is 10.6. The van der Waals surface area contributed by atoms with E-state index in [2.05, 4.69) is 10.6 Å². The van der Waals surface area contributed by atoms with E-state index >= 15 is 0 Å². The molecule has 3 N–H and O–H groups in total. The van der Waals surface area contributed by atoms with Crippen molar-refractivity contribution in [2.24, 2.45) is 0 Å². The molecule has 0 spiro atoms. The molecule has 1 aliphatic heterocycles. The number of hydrogen-bond acceptors (Lipinski definition) is 3. The Labute approximate surface area is 82.9 Å². The van der Waals surface area contributed by atoms with Gasteiger partial charge in [0.1, 0.15) is 0 Å². The Balaban J connectivity index is 2.28. The van der Waals surface area contributed by atoms with Crippen LogP contribution in [0.3, 0.4) is 0 Å². The van der Waals surface area contributed by atoms with Gasteiger partial charge in [-0.15, -0.1) is 0 Å². The van der Waals surface area contributed by atoms with Crippen LogP contribution in [0, 0.1) is 0 Å². The summed E-state index contributed by atoms with van der Waals surface area (Å²) in [6.45, 7) is 2.56. The lowest BCUT2D eigenvalue weighted by Crippen LogP contribution is -2.44. The number of nitrogens with one attached hydrogen (secondary N) is 2. The maximum Gasteiger partial charge on any atom is 0.305 e. The standard InChI is InChI=1S/C9H16N2O3/c1-6(5-8(12)13)11-9(14)7-3-2-4-10-7/h6-7,10H,2-5H2,1H3,(H,11,14)(H,12,13)/t6?,7-/m1/s1. The molecule has 5 heteroatoms. The average molecular weight is 200 g/mol. The van der Waals surface area contributed by atoms with Crippen molar-refractivity contribution < 1.29 is 14.7 Å². The highest BCUT2D eigenvalue weighted by Gasteiger charge is 2.23. The Kier molecular flexibility index (Phi) is 3.88. The Morgan fingerprint density at radius 1 is 1.64 bits per heavy atom. The monoisotopic (exact) mass is 200 g/mol. The fraction of sp³-hybridized carbons (Fsp3) is 0.778. The second-order valence-corrected chi connectivity index (χ2v) is 3.66. The van der Waals surface area contributed by atoms with E-state index in [4.69, 9.17) is 5.11 Å². The van der Waals surface area contributed by atoms with Crippen LogP contribution in [-0.4, -0.2) is 35.6 Å². The Hall–Kier alpha value is -1.10. The smallest absolute Gasteiger partial charge is 0.305 e. The Morgan fingerprint density at radius 2 is 2.36 bits per heavy atom.